The van der Waals surface area contributed by atoms with Gasteiger partial charge in [-0.1, -0.05) is 18.2 Å². The van der Waals surface area contributed by atoms with Crippen LogP contribution in [0.3, 0.4) is 0 Å². The molecule has 1 aliphatic heterocycles. The molecular formula is C25H34N2O4. The number of amides is 1. The zero-order valence-corrected chi connectivity index (χ0v) is 18.8. The summed E-state index contributed by atoms with van der Waals surface area (Å²) in [4.78, 5) is 15.6. The summed E-state index contributed by atoms with van der Waals surface area (Å²) < 4.78 is 17.1. The number of hydrogen-bond donors (Lipinski definition) is 1. The molecule has 1 saturated heterocycles. The van der Waals surface area contributed by atoms with Crippen molar-refractivity contribution in [1.29, 1.82) is 0 Å². The van der Waals surface area contributed by atoms with Crippen LogP contribution in [0.25, 0.3) is 0 Å². The van der Waals surface area contributed by atoms with Crippen LogP contribution in [-0.4, -0.2) is 56.3 Å². The van der Waals surface area contributed by atoms with Crippen molar-refractivity contribution in [3.8, 4) is 17.2 Å². The number of carbonyl (C=O) groups excluding carboxylic acids is 1. The maximum absolute atomic E-state index is 13.6. The summed E-state index contributed by atoms with van der Waals surface area (Å²) in [5.41, 5.74) is 0.578. The van der Waals surface area contributed by atoms with Crippen LogP contribution in [0.5, 0.6) is 17.2 Å². The molecule has 1 aliphatic rings. The third-order valence-corrected chi connectivity index (χ3v) is 5.32. The number of nitrogens with zero attached hydrogens (tertiary/aromatic N) is 1. The lowest BCUT2D eigenvalue weighted by Gasteiger charge is -2.37. The standard InChI is InChI=1S/C25H34N2O4/c1-19(2)27(21-9-7-12-26-18-21)25(28)20-15-23(30-14-8-13-29-3)17-24(16-20)31-22-10-5-4-6-11-22/h4-6,10-11,15-17,19,21,26H,7-9,12-14,18H2,1-3H3. The monoisotopic (exact) mass is 426 g/mol. The molecule has 0 saturated carbocycles. The number of rotatable bonds is 10. The Hall–Kier alpha value is -2.57. The Morgan fingerprint density at radius 1 is 1.10 bits per heavy atom. The number of nitrogens with one attached hydrogen (secondary N) is 1. The summed E-state index contributed by atoms with van der Waals surface area (Å²) in [5.74, 6) is 1.93. The molecular weight excluding hydrogens is 392 g/mol. The van der Waals surface area contributed by atoms with Crippen LogP contribution in [0.1, 0.15) is 43.5 Å². The first kappa shape index (κ1) is 23.1. The van der Waals surface area contributed by atoms with Crippen LogP contribution in [0, 0.1) is 0 Å². The number of ether oxygens (including phenoxy) is 3. The minimum Gasteiger partial charge on any atom is -0.493 e. The SMILES string of the molecule is COCCCOc1cc(Oc2ccccc2)cc(C(=O)N(C(C)C)C2CCCNC2)c1. The van der Waals surface area contributed by atoms with E-state index in [2.05, 4.69) is 19.2 Å². The van der Waals surface area contributed by atoms with E-state index in [4.69, 9.17) is 14.2 Å². The first-order chi connectivity index (χ1) is 15.1. The molecule has 0 radical (unpaired) electrons. The molecule has 0 spiro atoms. The Labute approximate surface area is 185 Å². The lowest BCUT2D eigenvalue weighted by atomic mass is 10.0. The van der Waals surface area contributed by atoms with Gasteiger partial charge in [0.25, 0.3) is 5.91 Å². The van der Waals surface area contributed by atoms with Crippen LogP contribution in [-0.2, 0) is 4.74 Å². The maximum atomic E-state index is 13.6. The predicted octanol–water partition coefficient (Wildman–Crippen LogP) is 4.50. The predicted molar refractivity (Wildman–Crippen MR) is 122 cm³/mol. The average Bonchev–Trinajstić information content (AvgIpc) is 2.78. The number of piperidine rings is 1. The molecule has 31 heavy (non-hydrogen) atoms. The van der Waals surface area contributed by atoms with E-state index in [-0.39, 0.29) is 18.0 Å². The van der Waals surface area contributed by atoms with Crippen LogP contribution in [0.2, 0.25) is 0 Å². The second kappa shape index (κ2) is 11.7. The van der Waals surface area contributed by atoms with Crippen molar-refractivity contribution in [2.75, 3.05) is 33.4 Å². The number of benzene rings is 2. The largest absolute Gasteiger partial charge is 0.493 e. The average molecular weight is 427 g/mol. The van der Waals surface area contributed by atoms with E-state index in [0.717, 1.165) is 38.1 Å². The van der Waals surface area contributed by atoms with Gasteiger partial charge >= 0.3 is 0 Å². The highest BCUT2D eigenvalue weighted by Gasteiger charge is 2.29. The smallest absolute Gasteiger partial charge is 0.254 e. The van der Waals surface area contributed by atoms with Gasteiger partial charge in [0.2, 0.25) is 0 Å². The summed E-state index contributed by atoms with van der Waals surface area (Å²) in [5, 5.41) is 3.42. The second-order valence-electron chi connectivity index (χ2n) is 8.11. The topological polar surface area (TPSA) is 60.0 Å². The lowest BCUT2D eigenvalue weighted by molar-refractivity contribution is 0.0572. The number of methoxy groups -OCH3 is 1. The van der Waals surface area contributed by atoms with Gasteiger partial charge in [0.15, 0.2) is 0 Å². The highest BCUT2D eigenvalue weighted by atomic mass is 16.5. The Morgan fingerprint density at radius 3 is 2.55 bits per heavy atom. The zero-order chi connectivity index (χ0) is 22.1. The van der Waals surface area contributed by atoms with Gasteiger partial charge in [0.1, 0.15) is 17.2 Å². The molecule has 0 bridgehead atoms. The van der Waals surface area contributed by atoms with Crippen molar-refractivity contribution in [2.45, 2.75) is 45.2 Å². The van der Waals surface area contributed by atoms with E-state index in [1.165, 1.54) is 0 Å². The normalized spacial score (nSPS) is 16.2. The van der Waals surface area contributed by atoms with Crippen molar-refractivity contribution in [1.82, 2.24) is 10.2 Å². The van der Waals surface area contributed by atoms with Crippen LogP contribution in [0.4, 0.5) is 0 Å². The van der Waals surface area contributed by atoms with E-state index in [9.17, 15) is 4.79 Å². The fraction of sp³-hybridized carbons (Fsp3) is 0.480. The van der Waals surface area contributed by atoms with Gasteiger partial charge in [-0.25, -0.2) is 0 Å². The minimum absolute atomic E-state index is 0.00366. The number of para-hydroxylation sites is 1. The van der Waals surface area contributed by atoms with E-state index in [1.807, 2.05) is 53.4 Å². The Balaban J connectivity index is 1.86. The summed E-state index contributed by atoms with van der Waals surface area (Å²) in [7, 11) is 1.67. The van der Waals surface area contributed by atoms with Crippen LogP contribution >= 0.6 is 0 Å². The van der Waals surface area contributed by atoms with Crippen LogP contribution in [0.15, 0.2) is 48.5 Å². The third-order valence-electron chi connectivity index (χ3n) is 5.32. The Kier molecular flexibility index (Phi) is 8.74. The summed E-state index contributed by atoms with van der Waals surface area (Å²) in [6, 6.07) is 15.3. The summed E-state index contributed by atoms with van der Waals surface area (Å²) >= 11 is 0. The molecule has 3 rings (SSSR count). The fourth-order valence-electron chi connectivity index (χ4n) is 3.90. The van der Waals surface area contributed by atoms with Crippen molar-refractivity contribution in [3.05, 3.63) is 54.1 Å². The maximum Gasteiger partial charge on any atom is 0.254 e. The van der Waals surface area contributed by atoms with Gasteiger partial charge < -0.3 is 24.4 Å². The molecule has 1 atom stereocenters. The van der Waals surface area contributed by atoms with E-state index in [1.54, 1.807) is 7.11 Å². The van der Waals surface area contributed by atoms with Crippen molar-refractivity contribution < 1.29 is 19.0 Å². The van der Waals surface area contributed by atoms with Crippen molar-refractivity contribution in [3.63, 3.8) is 0 Å². The molecule has 6 nitrogen and oxygen atoms in total. The second-order valence-corrected chi connectivity index (χ2v) is 8.11. The lowest BCUT2D eigenvalue weighted by Crippen LogP contribution is -2.51. The molecule has 1 unspecified atom stereocenters. The summed E-state index contributed by atoms with van der Waals surface area (Å²) in [6.45, 7) is 7.11. The molecule has 6 heteroatoms. The molecule has 1 fully saturated rings. The third kappa shape index (κ3) is 6.71. The fourth-order valence-corrected chi connectivity index (χ4v) is 3.90. The number of carbonyl (C=O) groups is 1. The Morgan fingerprint density at radius 2 is 1.87 bits per heavy atom. The van der Waals surface area contributed by atoms with Gasteiger partial charge in [-0.15, -0.1) is 0 Å². The van der Waals surface area contributed by atoms with Crippen molar-refractivity contribution >= 4 is 5.91 Å². The molecule has 2 aromatic carbocycles. The molecule has 2 aromatic rings. The van der Waals surface area contributed by atoms with Gasteiger partial charge in [0, 0.05) is 50.4 Å². The molecule has 1 heterocycles. The van der Waals surface area contributed by atoms with E-state index in [0.29, 0.717) is 30.3 Å². The number of hydrogen-bond acceptors (Lipinski definition) is 5. The van der Waals surface area contributed by atoms with Gasteiger partial charge in [0.05, 0.1) is 6.61 Å². The molecule has 0 aromatic heterocycles. The van der Waals surface area contributed by atoms with Gasteiger partial charge in [-0.3, -0.25) is 4.79 Å². The van der Waals surface area contributed by atoms with Gasteiger partial charge in [-0.05, 0) is 57.5 Å². The highest BCUT2D eigenvalue weighted by Crippen LogP contribution is 2.29. The highest BCUT2D eigenvalue weighted by molar-refractivity contribution is 5.95. The molecule has 1 amide bonds. The van der Waals surface area contributed by atoms with E-state index < -0.39 is 0 Å². The van der Waals surface area contributed by atoms with Crippen LogP contribution < -0.4 is 14.8 Å². The molecule has 168 valence electrons. The molecule has 1 N–H and O–H groups in total. The van der Waals surface area contributed by atoms with E-state index >= 15 is 0 Å². The minimum atomic E-state index is 0.00366. The first-order valence-corrected chi connectivity index (χ1v) is 11.1. The summed E-state index contributed by atoms with van der Waals surface area (Å²) in [6.07, 6.45) is 2.86. The van der Waals surface area contributed by atoms with Gasteiger partial charge in [-0.2, -0.15) is 0 Å². The zero-order valence-electron chi connectivity index (χ0n) is 18.8. The quantitative estimate of drug-likeness (QED) is 0.567. The first-order valence-electron chi connectivity index (χ1n) is 11.1. The van der Waals surface area contributed by atoms with Crippen molar-refractivity contribution in [2.24, 2.45) is 0 Å². The Bertz CT molecular complexity index is 820. The molecule has 0 aliphatic carbocycles.